The van der Waals surface area contributed by atoms with Crippen LogP contribution >= 0.6 is 0 Å². The standard InChI is InChI=1S/C13H7N5O2/c14-7-10-2-1-5-17(10)13-11-6-9(18(19)20)3-4-12(11)15-8-16-13/h1-6,8H. The number of nitrogens with zero attached hydrogens (tertiary/aromatic N) is 5. The average Bonchev–Trinajstić information content (AvgIpc) is 2.94. The maximum Gasteiger partial charge on any atom is 0.270 e. The molecule has 7 heteroatoms. The largest absolute Gasteiger partial charge is 0.292 e. The van der Waals surface area contributed by atoms with E-state index in [9.17, 15) is 10.1 Å². The third kappa shape index (κ3) is 1.76. The summed E-state index contributed by atoms with van der Waals surface area (Å²) < 4.78 is 1.58. The number of hydrogen-bond acceptors (Lipinski definition) is 5. The van der Waals surface area contributed by atoms with Crippen molar-refractivity contribution in [3.8, 4) is 11.9 Å². The Balaban J connectivity index is 2.33. The van der Waals surface area contributed by atoms with Gasteiger partial charge in [-0.15, -0.1) is 0 Å². The van der Waals surface area contributed by atoms with Gasteiger partial charge in [0.05, 0.1) is 15.8 Å². The fraction of sp³-hybridized carbons (Fsp3) is 0. The second-order valence-electron chi connectivity index (χ2n) is 4.03. The Bertz CT molecular complexity index is 863. The van der Waals surface area contributed by atoms with E-state index in [0.717, 1.165) is 0 Å². The van der Waals surface area contributed by atoms with Gasteiger partial charge in [0, 0.05) is 18.3 Å². The Morgan fingerprint density at radius 3 is 2.90 bits per heavy atom. The maximum atomic E-state index is 10.9. The summed E-state index contributed by atoms with van der Waals surface area (Å²) in [5.41, 5.74) is 0.939. The molecule has 0 amide bonds. The minimum Gasteiger partial charge on any atom is -0.292 e. The predicted molar refractivity (Wildman–Crippen MR) is 70.2 cm³/mol. The van der Waals surface area contributed by atoms with Gasteiger partial charge in [-0.1, -0.05) is 0 Å². The number of nitriles is 1. The van der Waals surface area contributed by atoms with Crippen LogP contribution in [0.4, 0.5) is 5.69 Å². The zero-order valence-electron chi connectivity index (χ0n) is 10.1. The number of fused-ring (bicyclic) bond motifs is 1. The van der Waals surface area contributed by atoms with E-state index in [0.29, 0.717) is 22.4 Å². The van der Waals surface area contributed by atoms with Gasteiger partial charge in [-0.25, -0.2) is 9.97 Å². The van der Waals surface area contributed by atoms with Crippen molar-refractivity contribution in [2.24, 2.45) is 0 Å². The second kappa shape index (κ2) is 4.44. The average molecular weight is 265 g/mol. The van der Waals surface area contributed by atoms with Crippen LogP contribution in [0.1, 0.15) is 5.69 Å². The molecule has 1 aromatic carbocycles. The third-order valence-electron chi connectivity index (χ3n) is 2.90. The Morgan fingerprint density at radius 1 is 1.30 bits per heavy atom. The Morgan fingerprint density at radius 2 is 2.15 bits per heavy atom. The number of nitro benzene ring substituents is 1. The van der Waals surface area contributed by atoms with Crippen LogP contribution in [0, 0.1) is 21.4 Å². The van der Waals surface area contributed by atoms with Crippen LogP contribution in [-0.2, 0) is 0 Å². The molecule has 0 radical (unpaired) electrons. The Hall–Kier alpha value is -3.27. The highest BCUT2D eigenvalue weighted by molar-refractivity contribution is 5.87. The molecule has 0 aliphatic carbocycles. The normalized spacial score (nSPS) is 10.3. The van der Waals surface area contributed by atoms with Crippen LogP contribution in [-0.4, -0.2) is 19.5 Å². The van der Waals surface area contributed by atoms with Crippen molar-refractivity contribution < 1.29 is 4.92 Å². The SMILES string of the molecule is N#Cc1cccn1-c1ncnc2ccc([N+](=O)[O-])cc12. The van der Waals surface area contributed by atoms with E-state index in [1.54, 1.807) is 29.0 Å². The highest BCUT2D eigenvalue weighted by atomic mass is 16.6. The van der Waals surface area contributed by atoms with E-state index in [-0.39, 0.29) is 5.69 Å². The first kappa shape index (κ1) is 11.8. The number of benzene rings is 1. The van der Waals surface area contributed by atoms with Gasteiger partial charge in [0.25, 0.3) is 5.69 Å². The summed E-state index contributed by atoms with van der Waals surface area (Å²) in [6, 6.07) is 9.76. The monoisotopic (exact) mass is 265 g/mol. The van der Waals surface area contributed by atoms with Crippen LogP contribution in [0.5, 0.6) is 0 Å². The molecule has 0 unspecified atom stereocenters. The zero-order valence-corrected chi connectivity index (χ0v) is 10.1. The van der Waals surface area contributed by atoms with Gasteiger partial charge >= 0.3 is 0 Å². The molecule has 2 aromatic heterocycles. The number of hydrogen-bond donors (Lipinski definition) is 0. The molecule has 7 nitrogen and oxygen atoms in total. The highest BCUT2D eigenvalue weighted by Crippen LogP contribution is 2.24. The lowest BCUT2D eigenvalue weighted by Crippen LogP contribution is -2.01. The number of non-ortho nitro benzene ring substituents is 1. The summed E-state index contributed by atoms with van der Waals surface area (Å²) in [5, 5.41) is 20.5. The Kier molecular flexibility index (Phi) is 2.62. The van der Waals surface area contributed by atoms with Crippen molar-refractivity contribution in [3.63, 3.8) is 0 Å². The molecule has 0 atom stereocenters. The van der Waals surface area contributed by atoms with Crippen molar-refractivity contribution >= 4 is 16.6 Å². The summed E-state index contributed by atoms with van der Waals surface area (Å²) in [6.45, 7) is 0. The highest BCUT2D eigenvalue weighted by Gasteiger charge is 2.13. The van der Waals surface area contributed by atoms with Crippen LogP contribution in [0.25, 0.3) is 16.7 Å². The summed E-state index contributed by atoms with van der Waals surface area (Å²) in [7, 11) is 0. The molecule has 0 aliphatic rings. The van der Waals surface area contributed by atoms with Gasteiger partial charge < -0.3 is 0 Å². The summed E-state index contributed by atoms with van der Waals surface area (Å²) >= 11 is 0. The second-order valence-corrected chi connectivity index (χ2v) is 4.03. The van der Waals surface area contributed by atoms with Gasteiger partial charge in [-0.2, -0.15) is 5.26 Å². The third-order valence-corrected chi connectivity index (χ3v) is 2.90. The van der Waals surface area contributed by atoms with Gasteiger partial charge in [0.15, 0.2) is 0 Å². The minimum atomic E-state index is -0.475. The predicted octanol–water partition coefficient (Wildman–Crippen LogP) is 2.20. The molecule has 20 heavy (non-hydrogen) atoms. The molecule has 0 fully saturated rings. The number of rotatable bonds is 2. The van der Waals surface area contributed by atoms with Crippen LogP contribution in [0.3, 0.4) is 0 Å². The number of nitro groups is 1. The molecule has 0 spiro atoms. The molecular weight excluding hydrogens is 258 g/mol. The Labute approximate surface area is 112 Å². The van der Waals surface area contributed by atoms with Crippen molar-refractivity contribution in [3.05, 3.63) is 58.7 Å². The van der Waals surface area contributed by atoms with Crippen LogP contribution in [0.15, 0.2) is 42.9 Å². The molecule has 3 rings (SSSR count). The smallest absolute Gasteiger partial charge is 0.270 e. The summed E-state index contributed by atoms with van der Waals surface area (Å²) in [6.07, 6.45) is 3.05. The van der Waals surface area contributed by atoms with Crippen molar-refractivity contribution in [1.82, 2.24) is 14.5 Å². The van der Waals surface area contributed by atoms with E-state index in [4.69, 9.17) is 5.26 Å². The lowest BCUT2D eigenvalue weighted by Gasteiger charge is -2.07. The number of aromatic nitrogens is 3. The van der Waals surface area contributed by atoms with E-state index >= 15 is 0 Å². The van der Waals surface area contributed by atoms with Crippen LogP contribution in [0.2, 0.25) is 0 Å². The molecule has 2 heterocycles. The maximum absolute atomic E-state index is 10.9. The lowest BCUT2D eigenvalue weighted by atomic mass is 10.2. The molecule has 0 bridgehead atoms. The zero-order chi connectivity index (χ0) is 14.1. The molecule has 0 saturated carbocycles. The van der Waals surface area contributed by atoms with Crippen molar-refractivity contribution in [2.45, 2.75) is 0 Å². The van der Waals surface area contributed by atoms with Crippen molar-refractivity contribution in [1.29, 1.82) is 5.26 Å². The van der Waals surface area contributed by atoms with E-state index in [1.807, 2.05) is 6.07 Å². The molecular formula is C13H7N5O2. The molecule has 0 saturated heterocycles. The molecule has 96 valence electrons. The van der Waals surface area contributed by atoms with Gasteiger partial charge in [-0.05, 0) is 18.2 Å². The summed E-state index contributed by atoms with van der Waals surface area (Å²) in [4.78, 5) is 18.6. The van der Waals surface area contributed by atoms with E-state index in [2.05, 4.69) is 9.97 Å². The van der Waals surface area contributed by atoms with Gasteiger partial charge in [0.1, 0.15) is 23.9 Å². The van der Waals surface area contributed by atoms with E-state index in [1.165, 1.54) is 18.5 Å². The van der Waals surface area contributed by atoms with Gasteiger partial charge in [0.2, 0.25) is 0 Å². The molecule has 0 N–H and O–H groups in total. The first-order valence-electron chi connectivity index (χ1n) is 5.67. The quantitative estimate of drug-likeness (QED) is 0.522. The fourth-order valence-corrected chi connectivity index (χ4v) is 1.99. The molecule has 3 aromatic rings. The minimum absolute atomic E-state index is 0.0424. The van der Waals surface area contributed by atoms with Crippen molar-refractivity contribution in [2.75, 3.05) is 0 Å². The summed E-state index contributed by atoms with van der Waals surface area (Å²) in [5.74, 6) is 0.445. The first-order chi connectivity index (χ1) is 9.70. The van der Waals surface area contributed by atoms with Crippen LogP contribution < -0.4 is 0 Å². The molecule has 0 aliphatic heterocycles. The fourth-order valence-electron chi connectivity index (χ4n) is 1.99. The first-order valence-corrected chi connectivity index (χ1v) is 5.67. The van der Waals surface area contributed by atoms with Gasteiger partial charge in [-0.3, -0.25) is 14.7 Å². The van der Waals surface area contributed by atoms with E-state index < -0.39 is 4.92 Å². The topological polar surface area (TPSA) is 97.6 Å². The lowest BCUT2D eigenvalue weighted by molar-refractivity contribution is -0.384.